The van der Waals surface area contributed by atoms with Crippen molar-refractivity contribution in [2.75, 3.05) is 26.7 Å². The van der Waals surface area contributed by atoms with Crippen LogP contribution in [0.1, 0.15) is 66.7 Å². The van der Waals surface area contributed by atoms with E-state index in [9.17, 15) is 24.6 Å². The minimum Gasteiger partial charge on any atom is -0.480 e. The molecule has 3 amide bonds. The van der Waals surface area contributed by atoms with Gasteiger partial charge >= 0.3 is 12.0 Å². The summed E-state index contributed by atoms with van der Waals surface area (Å²) < 4.78 is 0. The largest absolute Gasteiger partial charge is 0.480 e. The maximum Gasteiger partial charge on any atom is 0.326 e. The normalized spacial score (nSPS) is 24.6. The van der Waals surface area contributed by atoms with E-state index in [2.05, 4.69) is 13.8 Å². The number of urea groups is 1. The first-order valence-corrected chi connectivity index (χ1v) is 11.0. The first-order valence-electron chi connectivity index (χ1n) is 11.0. The summed E-state index contributed by atoms with van der Waals surface area (Å²) in [6, 6.07) is -1.66. The SMILES string of the molecule is CCN(C)C(=O)N1C[C@@H](N(C(=O)C(C)(C)CO)C2CCC(C)(C)CC2)C[C@H]1C(=O)O. The molecule has 2 rings (SSSR count). The molecule has 1 heterocycles. The Balaban J connectivity index is 2.34. The summed E-state index contributed by atoms with van der Waals surface area (Å²) in [6.45, 7) is 10.1. The zero-order valence-electron chi connectivity index (χ0n) is 19.3. The van der Waals surface area contributed by atoms with Crippen molar-refractivity contribution < 1.29 is 24.6 Å². The number of aliphatic hydroxyl groups is 1. The molecule has 1 aliphatic heterocycles. The molecule has 1 saturated carbocycles. The molecule has 0 bridgehead atoms. The molecule has 2 aliphatic rings. The van der Waals surface area contributed by atoms with Gasteiger partial charge < -0.3 is 24.9 Å². The Bertz CT molecular complexity index is 653. The highest BCUT2D eigenvalue weighted by Crippen LogP contribution is 2.40. The van der Waals surface area contributed by atoms with Crippen LogP contribution in [0, 0.1) is 10.8 Å². The predicted molar refractivity (Wildman–Crippen MR) is 114 cm³/mol. The Morgan fingerprint density at radius 1 is 1.13 bits per heavy atom. The van der Waals surface area contributed by atoms with Crippen LogP contribution in [0.4, 0.5) is 4.79 Å². The van der Waals surface area contributed by atoms with Gasteiger partial charge in [0.25, 0.3) is 0 Å². The minimum atomic E-state index is -1.05. The van der Waals surface area contributed by atoms with Gasteiger partial charge in [-0.25, -0.2) is 9.59 Å². The van der Waals surface area contributed by atoms with Crippen molar-refractivity contribution in [1.29, 1.82) is 0 Å². The quantitative estimate of drug-likeness (QED) is 0.680. The summed E-state index contributed by atoms with van der Waals surface area (Å²) in [5.74, 6) is -1.21. The topological polar surface area (TPSA) is 101 Å². The first-order chi connectivity index (χ1) is 13.8. The number of rotatable bonds is 6. The van der Waals surface area contributed by atoms with Crippen molar-refractivity contribution >= 4 is 17.9 Å². The molecule has 2 N–H and O–H groups in total. The van der Waals surface area contributed by atoms with Crippen molar-refractivity contribution in [3.63, 3.8) is 0 Å². The van der Waals surface area contributed by atoms with Gasteiger partial charge in [0.1, 0.15) is 6.04 Å². The molecule has 8 heteroatoms. The van der Waals surface area contributed by atoms with Crippen molar-refractivity contribution in [3.8, 4) is 0 Å². The zero-order valence-corrected chi connectivity index (χ0v) is 19.3. The smallest absolute Gasteiger partial charge is 0.326 e. The third-order valence-corrected chi connectivity index (χ3v) is 6.91. The van der Waals surface area contributed by atoms with E-state index in [4.69, 9.17) is 0 Å². The van der Waals surface area contributed by atoms with Crippen molar-refractivity contribution in [2.24, 2.45) is 10.8 Å². The summed E-state index contributed by atoms with van der Waals surface area (Å²) in [4.78, 5) is 42.9. The second-order valence-electron chi connectivity index (χ2n) is 10.3. The molecule has 172 valence electrons. The van der Waals surface area contributed by atoms with Crippen LogP contribution in [-0.4, -0.2) is 87.7 Å². The van der Waals surface area contributed by atoms with Crippen LogP contribution in [0.25, 0.3) is 0 Å². The van der Waals surface area contributed by atoms with E-state index in [0.29, 0.717) is 6.54 Å². The van der Waals surface area contributed by atoms with E-state index < -0.39 is 17.4 Å². The van der Waals surface area contributed by atoms with Gasteiger partial charge in [-0.05, 0) is 51.9 Å². The number of amides is 3. The van der Waals surface area contributed by atoms with Crippen LogP contribution in [0.2, 0.25) is 0 Å². The number of carbonyl (C=O) groups excluding carboxylic acids is 2. The summed E-state index contributed by atoms with van der Waals surface area (Å²) >= 11 is 0. The Labute approximate surface area is 180 Å². The summed E-state index contributed by atoms with van der Waals surface area (Å²) in [6.07, 6.45) is 3.87. The standard InChI is InChI=1S/C22H39N3O5/c1-7-23(6)20(30)24-13-16(12-17(24)18(27)28)25(19(29)22(4,5)14-26)15-8-10-21(2,3)11-9-15/h15-17,26H,7-14H2,1-6H3,(H,27,28)/t16-,17-/m0/s1. The molecule has 2 atom stereocenters. The van der Waals surface area contributed by atoms with E-state index in [-0.39, 0.29) is 49.0 Å². The second kappa shape index (κ2) is 9.12. The molecule has 0 aromatic carbocycles. The van der Waals surface area contributed by atoms with E-state index in [1.54, 1.807) is 20.9 Å². The molecule has 0 aromatic heterocycles. The average Bonchev–Trinajstić information content (AvgIpc) is 3.13. The lowest BCUT2D eigenvalue weighted by Crippen LogP contribution is -2.55. The van der Waals surface area contributed by atoms with Crippen molar-refractivity contribution in [2.45, 2.75) is 84.8 Å². The Morgan fingerprint density at radius 2 is 1.70 bits per heavy atom. The molecule has 8 nitrogen and oxygen atoms in total. The molecular formula is C22H39N3O5. The van der Waals surface area contributed by atoms with Crippen LogP contribution in [0.3, 0.4) is 0 Å². The number of carboxylic acid groups (broad SMARTS) is 1. The molecule has 1 aliphatic carbocycles. The lowest BCUT2D eigenvalue weighted by Gasteiger charge is -2.45. The van der Waals surface area contributed by atoms with E-state index in [0.717, 1.165) is 25.7 Å². The van der Waals surface area contributed by atoms with E-state index >= 15 is 0 Å². The van der Waals surface area contributed by atoms with Gasteiger partial charge in [0, 0.05) is 32.6 Å². The Morgan fingerprint density at radius 3 is 2.17 bits per heavy atom. The number of carboxylic acids is 1. The van der Waals surface area contributed by atoms with Crippen molar-refractivity contribution in [1.82, 2.24) is 14.7 Å². The lowest BCUT2D eigenvalue weighted by atomic mass is 9.74. The van der Waals surface area contributed by atoms with Gasteiger partial charge in [-0.3, -0.25) is 4.79 Å². The van der Waals surface area contributed by atoms with Gasteiger partial charge in [-0.2, -0.15) is 0 Å². The zero-order chi connectivity index (χ0) is 22.9. The molecule has 0 unspecified atom stereocenters. The monoisotopic (exact) mass is 425 g/mol. The number of likely N-dealkylation sites (tertiary alicyclic amines) is 1. The number of hydrogen-bond acceptors (Lipinski definition) is 4. The molecule has 30 heavy (non-hydrogen) atoms. The fourth-order valence-corrected chi connectivity index (χ4v) is 4.52. The summed E-state index contributed by atoms with van der Waals surface area (Å²) in [5, 5.41) is 19.6. The lowest BCUT2D eigenvalue weighted by molar-refractivity contribution is -0.149. The third kappa shape index (κ3) is 5.07. The number of nitrogens with zero attached hydrogens (tertiary/aromatic N) is 3. The molecule has 1 saturated heterocycles. The Hall–Kier alpha value is -1.83. The van der Waals surface area contributed by atoms with Crippen molar-refractivity contribution in [3.05, 3.63) is 0 Å². The molecule has 2 fully saturated rings. The molecule has 0 aromatic rings. The number of aliphatic hydroxyl groups excluding tert-OH is 1. The second-order valence-corrected chi connectivity index (χ2v) is 10.3. The number of aliphatic carboxylic acids is 1. The summed E-state index contributed by atoms with van der Waals surface area (Å²) in [7, 11) is 1.65. The molecule has 0 spiro atoms. The minimum absolute atomic E-state index is 0.00486. The van der Waals surface area contributed by atoms with Gasteiger partial charge in [0.05, 0.1) is 18.1 Å². The predicted octanol–water partition coefficient (Wildman–Crippen LogP) is 2.40. The highest BCUT2D eigenvalue weighted by atomic mass is 16.4. The third-order valence-electron chi connectivity index (χ3n) is 6.91. The highest BCUT2D eigenvalue weighted by Gasteiger charge is 2.48. The van der Waals surface area contributed by atoms with Gasteiger partial charge in [-0.1, -0.05) is 13.8 Å². The van der Waals surface area contributed by atoms with Crippen LogP contribution in [0.15, 0.2) is 0 Å². The molecule has 0 radical (unpaired) electrons. The fourth-order valence-electron chi connectivity index (χ4n) is 4.52. The van der Waals surface area contributed by atoms with Crippen LogP contribution in [0.5, 0.6) is 0 Å². The van der Waals surface area contributed by atoms with Crippen LogP contribution >= 0.6 is 0 Å². The van der Waals surface area contributed by atoms with E-state index in [1.165, 1.54) is 9.80 Å². The first kappa shape index (κ1) is 24.4. The maximum absolute atomic E-state index is 13.5. The van der Waals surface area contributed by atoms with E-state index in [1.807, 2.05) is 11.8 Å². The molecular weight excluding hydrogens is 386 g/mol. The average molecular weight is 426 g/mol. The highest BCUT2D eigenvalue weighted by molar-refractivity contribution is 5.85. The van der Waals surface area contributed by atoms with Crippen LogP contribution in [-0.2, 0) is 9.59 Å². The van der Waals surface area contributed by atoms with Crippen LogP contribution < -0.4 is 0 Å². The number of carbonyl (C=O) groups is 3. The summed E-state index contributed by atoms with van der Waals surface area (Å²) in [5.41, 5.74) is -0.730. The maximum atomic E-state index is 13.5. The number of hydrogen-bond donors (Lipinski definition) is 2. The van der Waals surface area contributed by atoms with Gasteiger partial charge in [-0.15, -0.1) is 0 Å². The Kier molecular flexibility index (Phi) is 7.43. The van der Waals surface area contributed by atoms with Gasteiger partial charge in [0.2, 0.25) is 5.91 Å². The van der Waals surface area contributed by atoms with Gasteiger partial charge in [0.15, 0.2) is 0 Å². The fraction of sp³-hybridized carbons (Fsp3) is 0.864.